The van der Waals surface area contributed by atoms with Gasteiger partial charge in [0, 0.05) is 6.07 Å². The van der Waals surface area contributed by atoms with Gasteiger partial charge in [0.25, 0.3) is 5.91 Å². The molecule has 0 saturated heterocycles. The van der Waals surface area contributed by atoms with Crippen molar-refractivity contribution in [1.82, 2.24) is 5.32 Å². The first kappa shape index (κ1) is 14.0. The Bertz CT molecular complexity index is 447. The van der Waals surface area contributed by atoms with Crippen molar-refractivity contribution in [2.24, 2.45) is 5.92 Å². The summed E-state index contributed by atoms with van der Waals surface area (Å²) in [5.74, 6) is -1.83. The van der Waals surface area contributed by atoms with Gasteiger partial charge >= 0.3 is 5.97 Å². The molecule has 0 bridgehead atoms. The van der Waals surface area contributed by atoms with E-state index in [1.165, 1.54) is 18.3 Å². The van der Waals surface area contributed by atoms with Crippen molar-refractivity contribution in [3.05, 3.63) is 35.3 Å². The summed E-state index contributed by atoms with van der Waals surface area (Å²) < 4.78 is 0.494. The molecule has 0 aromatic carbocycles. The van der Waals surface area contributed by atoms with Crippen LogP contribution in [0.2, 0.25) is 0 Å². The number of rotatable bonds is 5. The highest BCUT2D eigenvalue weighted by Gasteiger charge is 2.26. The van der Waals surface area contributed by atoms with Gasteiger partial charge in [0.05, 0.1) is 0 Å². The van der Waals surface area contributed by atoms with Crippen LogP contribution in [0.1, 0.15) is 30.6 Å². The largest absolute Gasteiger partial charge is 0.619 e. The summed E-state index contributed by atoms with van der Waals surface area (Å²) in [4.78, 5) is 22.9. The fourth-order valence-electron chi connectivity index (χ4n) is 1.50. The molecule has 1 aromatic rings. The molecule has 0 aliphatic heterocycles. The lowest BCUT2D eigenvalue weighted by molar-refractivity contribution is -0.605. The molecule has 98 valence electrons. The Labute approximate surface area is 105 Å². The Morgan fingerprint density at radius 3 is 2.72 bits per heavy atom. The maximum Gasteiger partial charge on any atom is 0.326 e. The predicted octanol–water partition coefficient (Wildman–Crippen LogP) is 0.549. The zero-order valence-corrected chi connectivity index (χ0v) is 10.3. The van der Waals surface area contributed by atoms with Gasteiger partial charge in [-0.25, -0.2) is 4.79 Å². The zero-order chi connectivity index (χ0) is 13.7. The van der Waals surface area contributed by atoms with E-state index in [9.17, 15) is 14.8 Å². The standard InChI is InChI=1S/C12H16N2O4/c1-3-8(2)10(12(16)17)13-11(15)9-5-4-6-14(18)7-9/h4-8,10H,3H2,1-2H3,(H,13,15)(H,16,17)/t8-,10-/m0/s1. The summed E-state index contributed by atoms with van der Waals surface area (Å²) in [5.41, 5.74) is 0.141. The predicted molar refractivity (Wildman–Crippen MR) is 63.7 cm³/mol. The van der Waals surface area contributed by atoms with Crippen molar-refractivity contribution < 1.29 is 19.4 Å². The summed E-state index contributed by atoms with van der Waals surface area (Å²) in [5, 5.41) is 22.5. The molecule has 6 nitrogen and oxygen atoms in total. The van der Waals surface area contributed by atoms with Gasteiger partial charge in [-0.05, 0) is 12.0 Å². The highest BCUT2D eigenvalue weighted by Crippen LogP contribution is 2.09. The fourth-order valence-corrected chi connectivity index (χ4v) is 1.50. The molecule has 1 aromatic heterocycles. The third-order valence-electron chi connectivity index (χ3n) is 2.80. The minimum atomic E-state index is -1.08. The number of aliphatic carboxylic acids is 1. The number of hydrogen-bond donors (Lipinski definition) is 2. The first-order valence-corrected chi connectivity index (χ1v) is 5.68. The molecule has 1 rings (SSSR count). The molecule has 0 fully saturated rings. The molecule has 2 N–H and O–H groups in total. The molecule has 0 radical (unpaired) electrons. The second-order valence-electron chi connectivity index (χ2n) is 4.13. The molecule has 2 atom stereocenters. The Morgan fingerprint density at radius 1 is 1.56 bits per heavy atom. The lowest BCUT2D eigenvalue weighted by Crippen LogP contribution is -2.45. The van der Waals surface area contributed by atoms with E-state index in [-0.39, 0.29) is 11.5 Å². The third-order valence-corrected chi connectivity index (χ3v) is 2.80. The normalized spacial score (nSPS) is 13.7. The van der Waals surface area contributed by atoms with Crippen molar-refractivity contribution in [2.75, 3.05) is 0 Å². The number of carbonyl (C=O) groups is 2. The number of carboxylic acid groups (broad SMARTS) is 1. The van der Waals surface area contributed by atoms with Gasteiger partial charge in [-0.1, -0.05) is 20.3 Å². The summed E-state index contributed by atoms with van der Waals surface area (Å²) in [6, 6.07) is 1.93. The van der Waals surface area contributed by atoms with Gasteiger partial charge in [0.1, 0.15) is 11.6 Å². The lowest BCUT2D eigenvalue weighted by Gasteiger charge is -2.19. The SMILES string of the molecule is CC[C@H](C)[C@H](NC(=O)c1ccc[n+]([O-])c1)C(=O)O. The minimum absolute atomic E-state index is 0.141. The van der Waals surface area contributed by atoms with Crippen molar-refractivity contribution in [2.45, 2.75) is 26.3 Å². The number of amides is 1. The van der Waals surface area contributed by atoms with E-state index in [1.807, 2.05) is 6.92 Å². The topological polar surface area (TPSA) is 93.3 Å². The molecular formula is C12H16N2O4. The van der Waals surface area contributed by atoms with Crippen LogP contribution in [-0.4, -0.2) is 23.0 Å². The van der Waals surface area contributed by atoms with Crippen LogP contribution in [-0.2, 0) is 4.79 Å². The average Bonchev–Trinajstić information content (AvgIpc) is 2.34. The first-order chi connectivity index (χ1) is 8.45. The van der Waals surface area contributed by atoms with E-state index in [4.69, 9.17) is 5.11 Å². The minimum Gasteiger partial charge on any atom is -0.619 e. The van der Waals surface area contributed by atoms with Gasteiger partial charge < -0.3 is 15.6 Å². The number of aromatic nitrogens is 1. The molecule has 0 aliphatic rings. The fraction of sp³-hybridized carbons (Fsp3) is 0.417. The number of nitrogens with one attached hydrogen (secondary N) is 1. The van der Waals surface area contributed by atoms with Crippen LogP contribution in [0.5, 0.6) is 0 Å². The molecule has 0 saturated carbocycles. The number of carbonyl (C=O) groups excluding carboxylic acids is 1. The van der Waals surface area contributed by atoms with E-state index in [0.717, 1.165) is 6.20 Å². The number of carboxylic acids is 1. The van der Waals surface area contributed by atoms with Crippen LogP contribution in [0.15, 0.2) is 24.5 Å². The number of hydrogen-bond acceptors (Lipinski definition) is 3. The summed E-state index contributed by atoms with van der Waals surface area (Å²) >= 11 is 0. The van der Waals surface area contributed by atoms with Crippen LogP contribution in [0, 0.1) is 11.1 Å². The Kier molecular flexibility index (Phi) is 4.65. The van der Waals surface area contributed by atoms with E-state index in [1.54, 1.807) is 6.92 Å². The molecule has 0 spiro atoms. The van der Waals surface area contributed by atoms with Gasteiger partial charge in [-0.2, -0.15) is 4.73 Å². The lowest BCUT2D eigenvalue weighted by atomic mass is 9.99. The Morgan fingerprint density at radius 2 is 2.22 bits per heavy atom. The highest BCUT2D eigenvalue weighted by atomic mass is 16.5. The first-order valence-electron chi connectivity index (χ1n) is 5.68. The average molecular weight is 252 g/mol. The Balaban J connectivity index is 2.82. The van der Waals surface area contributed by atoms with Crippen molar-refractivity contribution in [1.29, 1.82) is 0 Å². The maximum absolute atomic E-state index is 11.8. The van der Waals surface area contributed by atoms with Crippen molar-refractivity contribution in [3.8, 4) is 0 Å². The van der Waals surface area contributed by atoms with Crippen molar-refractivity contribution in [3.63, 3.8) is 0 Å². The second kappa shape index (κ2) is 6.00. The quantitative estimate of drug-likeness (QED) is 0.591. The van der Waals surface area contributed by atoms with Crippen molar-refractivity contribution >= 4 is 11.9 Å². The number of nitrogens with zero attached hydrogens (tertiary/aromatic N) is 1. The van der Waals surface area contributed by atoms with Gasteiger partial charge in [-0.3, -0.25) is 4.79 Å². The molecule has 1 amide bonds. The smallest absolute Gasteiger partial charge is 0.326 e. The van der Waals surface area contributed by atoms with Crippen LogP contribution in [0.25, 0.3) is 0 Å². The van der Waals surface area contributed by atoms with Gasteiger partial charge in [-0.15, -0.1) is 0 Å². The molecular weight excluding hydrogens is 236 g/mol. The maximum atomic E-state index is 11.8. The monoisotopic (exact) mass is 252 g/mol. The van der Waals surface area contributed by atoms with Crippen LogP contribution < -0.4 is 10.0 Å². The van der Waals surface area contributed by atoms with Gasteiger partial charge in [0.15, 0.2) is 12.4 Å². The summed E-state index contributed by atoms with van der Waals surface area (Å²) in [6.07, 6.45) is 2.98. The van der Waals surface area contributed by atoms with E-state index >= 15 is 0 Å². The zero-order valence-electron chi connectivity index (χ0n) is 10.3. The molecule has 0 unspecified atom stereocenters. The second-order valence-corrected chi connectivity index (χ2v) is 4.13. The summed E-state index contributed by atoms with van der Waals surface area (Å²) in [7, 11) is 0. The van der Waals surface area contributed by atoms with E-state index < -0.39 is 17.9 Å². The molecule has 1 heterocycles. The molecule has 18 heavy (non-hydrogen) atoms. The van der Waals surface area contributed by atoms with E-state index in [0.29, 0.717) is 11.2 Å². The highest BCUT2D eigenvalue weighted by molar-refractivity contribution is 5.96. The molecule has 6 heteroatoms. The van der Waals surface area contributed by atoms with Gasteiger partial charge in [0.2, 0.25) is 0 Å². The third kappa shape index (κ3) is 3.44. The van der Waals surface area contributed by atoms with Crippen LogP contribution in [0.3, 0.4) is 0 Å². The van der Waals surface area contributed by atoms with Crippen LogP contribution in [0.4, 0.5) is 0 Å². The Hall–Kier alpha value is -2.11. The summed E-state index contributed by atoms with van der Waals surface area (Å²) in [6.45, 7) is 3.60. The molecule has 0 aliphatic carbocycles. The van der Waals surface area contributed by atoms with Crippen LogP contribution >= 0.6 is 0 Å². The number of pyridine rings is 1. The van der Waals surface area contributed by atoms with E-state index in [2.05, 4.69) is 5.32 Å².